The minimum Gasteiger partial charge on any atom is -0.0802 e. The molecule has 0 saturated heterocycles. The van der Waals surface area contributed by atoms with Crippen LogP contribution in [0.25, 0.3) is 0 Å². The minimum absolute atomic E-state index is 0.317. The molecule has 0 amide bonds. The van der Waals surface area contributed by atoms with Crippen LogP contribution >= 0.6 is 0 Å². The van der Waals surface area contributed by atoms with E-state index in [-0.39, 0.29) is 0 Å². The van der Waals surface area contributed by atoms with Crippen LogP contribution in [0.5, 0.6) is 0 Å². The van der Waals surface area contributed by atoms with E-state index >= 15 is 0 Å². The molecule has 0 heterocycles. The van der Waals surface area contributed by atoms with Gasteiger partial charge in [-0.3, -0.25) is 0 Å². The monoisotopic (exact) mass is 190 g/mol. The van der Waals surface area contributed by atoms with Gasteiger partial charge in [0, 0.05) is 5.41 Å². The summed E-state index contributed by atoms with van der Waals surface area (Å²) >= 11 is 0. The molecule has 0 fully saturated rings. The zero-order valence-electron chi connectivity index (χ0n) is 9.88. The van der Waals surface area contributed by atoms with Gasteiger partial charge >= 0.3 is 0 Å². The molecule has 0 aromatic carbocycles. The average molecular weight is 190 g/mol. The first-order valence-corrected chi connectivity index (χ1v) is 5.75. The Labute approximate surface area is 88.4 Å². The standard InChI is InChI=1S/C12H16.C2H6/c1-10-6-7-11-5-3-4-8-12(11,2)9-10;1-2/h3-5,8-9,11H,6-7H2,1-2H3;1-2H3. The predicted octanol–water partition coefficient (Wildman–Crippen LogP) is 4.50. The van der Waals surface area contributed by atoms with E-state index in [1.54, 1.807) is 5.57 Å². The molecule has 0 bridgehead atoms. The maximum absolute atomic E-state index is 2.43. The number of fused-ring (bicyclic) bond motifs is 1. The first kappa shape index (κ1) is 11.3. The van der Waals surface area contributed by atoms with Gasteiger partial charge in [0.15, 0.2) is 0 Å². The van der Waals surface area contributed by atoms with E-state index in [2.05, 4.69) is 44.2 Å². The van der Waals surface area contributed by atoms with E-state index in [0.717, 1.165) is 5.92 Å². The lowest BCUT2D eigenvalue weighted by molar-refractivity contribution is 0.344. The summed E-state index contributed by atoms with van der Waals surface area (Å²) in [5.41, 5.74) is 1.87. The van der Waals surface area contributed by atoms with Crippen molar-refractivity contribution in [3.8, 4) is 0 Å². The fraction of sp³-hybridized carbons (Fsp3) is 0.571. The summed E-state index contributed by atoms with van der Waals surface area (Å²) in [7, 11) is 0. The Morgan fingerprint density at radius 2 is 2.00 bits per heavy atom. The second-order valence-corrected chi connectivity index (χ2v) is 4.25. The summed E-state index contributed by atoms with van der Waals surface area (Å²) in [5, 5.41) is 0. The number of hydrogen-bond donors (Lipinski definition) is 0. The molecular formula is C14H22. The molecule has 0 heteroatoms. The van der Waals surface area contributed by atoms with Gasteiger partial charge in [-0.15, -0.1) is 0 Å². The normalized spacial score (nSPS) is 34.0. The molecule has 14 heavy (non-hydrogen) atoms. The molecule has 2 aliphatic rings. The second-order valence-electron chi connectivity index (χ2n) is 4.25. The van der Waals surface area contributed by atoms with Crippen molar-refractivity contribution in [2.45, 2.75) is 40.5 Å². The number of hydrogen-bond acceptors (Lipinski definition) is 0. The van der Waals surface area contributed by atoms with Gasteiger partial charge in [-0.1, -0.05) is 56.7 Å². The van der Waals surface area contributed by atoms with Gasteiger partial charge in [0.05, 0.1) is 0 Å². The zero-order chi connectivity index (χ0) is 10.6. The molecule has 2 unspecified atom stereocenters. The van der Waals surface area contributed by atoms with Crippen LogP contribution in [0.1, 0.15) is 40.5 Å². The highest BCUT2D eigenvalue weighted by Crippen LogP contribution is 2.42. The Bertz CT molecular complexity index is 268. The molecule has 0 radical (unpaired) electrons. The van der Waals surface area contributed by atoms with Crippen molar-refractivity contribution in [1.82, 2.24) is 0 Å². The largest absolute Gasteiger partial charge is 0.0802 e. The molecule has 78 valence electrons. The van der Waals surface area contributed by atoms with Crippen LogP contribution in [-0.2, 0) is 0 Å². The molecule has 2 aliphatic carbocycles. The van der Waals surface area contributed by atoms with Crippen molar-refractivity contribution < 1.29 is 0 Å². The van der Waals surface area contributed by atoms with Gasteiger partial charge in [0.25, 0.3) is 0 Å². The van der Waals surface area contributed by atoms with Crippen molar-refractivity contribution in [3.63, 3.8) is 0 Å². The molecule has 0 spiro atoms. The van der Waals surface area contributed by atoms with Gasteiger partial charge in [-0.2, -0.15) is 0 Å². The molecule has 0 saturated carbocycles. The Morgan fingerprint density at radius 3 is 2.71 bits per heavy atom. The summed E-state index contributed by atoms with van der Waals surface area (Å²) in [6, 6.07) is 0. The van der Waals surface area contributed by atoms with Crippen LogP contribution in [0.2, 0.25) is 0 Å². The molecule has 2 atom stereocenters. The Balaban J connectivity index is 0.000000461. The van der Waals surface area contributed by atoms with E-state index in [9.17, 15) is 0 Å². The summed E-state index contributed by atoms with van der Waals surface area (Å²) in [6.07, 6.45) is 14.1. The summed E-state index contributed by atoms with van der Waals surface area (Å²) < 4.78 is 0. The lowest BCUT2D eigenvalue weighted by atomic mass is 9.68. The maximum atomic E-state index is 2.43. The third-order valence-electron chi connectivity index (χ3n) is 3.12. The molecular weight excluding hydrogens is 168 g/mol. The van der Waals surface area contributed by atoms with Crippen LogP contribution in [0.3, 0.4) is 0 Å². The highest BCUT2D eigenvalue weighted by atomic mass is 14.4. The van der Waals surface area contributed by atoms with Gasteiger partial charge < -0.3 is 0 Å². The van der Waals surface area contributed by atoms with E-state index < -0.39 is 0 Å². The third-order valence-corrected chi connectivity index (χ3v) is 3.12. The van der Waals surface area contributed by atoms with Crippen LogP contribution in [0.15, 0.2) is 36.0 Å². The average Bonchev–Trinajstić information content (AvgIpc) is 2.19. The number of rotatable bonds is 0. The van der Waals surface area contributed by atoms with Crippen LogP contribution in [0, 0.1) is 11.3 Å². The fourth-order valence-corrected chi connectivity index (χ4v) is 2.34. The van der Waals surface area contributed by atoms with E-state index in [0.29, 0.717) is 5.41 Å². The van der Waals surface area contributed by atoms with Crippen molar-refractivity contribution >= 4 is 0 Å². The van der Waals surface area contributed by atoms with Crippen molar-refractivity contribution in [1.29, 1.82) is 0 Å². The molecule has 0 aliphatic heterocycles. The lowest BCUT2D eigenvalue weighted by Gasteiger charge is -2.36. The smallest absolute Gasteiger partial charge is 0.0101 e. The van der Waals surface area contributed by atoms with Gasteiger partial charge in [0.1, 0.15) is 0 Å². The predicted molar refractivity (Wildman–Crippen MR) is 64.2 cm³/mol. The highest BCUT2D eigenvalue weighted by Gasteiger charge is 2.31. The molecule has 0 aromatic heterocycles. The topological polar surface area (TPSA) is 0 Å². The first-order valence-electron chi connectivity index (χ1n) is 5.75. The Kier molecular flexibility index (Phi) is 3.74. The minimum atomic E-state index is 0.317. The number of allylic oxidation sites excluding steroid dienone is 6. The Hall–Kier alpha value is -0.780. The van der Waals surface area contributed by atoms with Crippen molar-refractivity contribution in [2.75, 3.05) is 0 Å². The van der Waals surface area contributed by atoms with Gasteiger partial charge in [-0.05, 0) is 25.7 Å². The van der Waals surface area contributed by atoms with E-state index in [1.807, 2.05) is 13.8 Å². The molecule has 0 nitrogen and oxygen atoms in total. The summed E-state index contributed by atoms with van der Waals surface area (Å²) in [4.78, 5) is 0. The van der Waals surface area contributed by atoms with Crippen molar-refractivity contribution in [3.05, 3.63) is 36.0 Å². The molecule has 0 N–H and O–H groups in total. The van der Waals surface area contributed by atoms with Gasteiger partial charge in [0.2, 0.25) is 0 Å². The quantitative estimate of drug-likeness (QED) is 0.493. The summed E-state index contributed by atoms with van der Waals surface area (Å²) in [5.74, 6) is 0.742. The van der Waals surface area contributed by atoms with Gasteiger partial charge in [-0.25, -0.2) is 0 Å². The van der Waals surface area contributed by atoms with Crippen LogP contribution < -0.4 is 0 Å². The Morgan fingerprint density at radius 1 is 1.29 bits per heavy atom. The second kappa shape index (κ2) is 4.63. The van der Waals surface area contributed by atoms with Crippen LogP contribution in [-0.4, -0.2) is 0 Å². The van der Waals surface area contributed by atoms with E-state index in [4.69, 9.17) is 0 Å². The lowest BCUT2D eigenvalue weighted by Crippen LogP contribution is -2.26. The first-order chi connectivity index (χ1) is 6.71. The molecule has 2 rings (SSSR count). The SMILES string of the molecule is CC.CC1=CC2(C)C=CC=CC2CC1. The fourth-order valence-electron chi connectivity index (χ4n) is 2.34. The maximum Gasteiger partial charge on any atom is 0.0101 e. The van der Waals surface area contributed by atoms with Crippen molar-refractivity contribution in [2.24, 2.45) is 11.3 Å². The summed E-state index contributed by atoms with van der Waals surface area (Å²) in [6.45, 7) is 8.58. The zero-order valence-corrected chi connectivity index (χ0v) is 9.88. The van der Waals surface area contributed by atoms with Crippen LogP contribution in [0.4, 0.5) is 0 Å². The molecule has 0 aromatic rings. The third kappa shape index (κ3) is 2.17. The highest BCUT2D eigenvalue weighted by molar-refractivity contribution is 5.28. The van der Waals surface area contributed by atoms with E-state index in [1.165, 1.54) is 12.8 Å².